The van der Waals surface area contributed by atoms with Crippen molar-refractivity contribution >= 4 is 39.1 Å². The Morgan fingerprint density at radius 1 is 1.17 bits per heavy atom. The molecule has 7 nitrogen and oxygen atoms in total. The predicted molar refractivity (Wildman–Crippen MR) is 134 cm³/mol. The quantitative estimate of drug-likeness (QED) is 0.348. The van der Waals surface area contributed by atoms with Crippen molar-refractivity contribution in [1.29, 1.82) is 0 Å². The summed E-state index contributed by atoms with van der Waals surface area (Å²) in [7, 11) is 1.52. The summed E-state index contributed by atoms with van der Waals surface area (Å²) in [5.74, 6) is -1.36. The monoisotopic (exact) mass is 488 g/mol. The number of thiazole rings is 1. The van der Waals surface area contributed by atoms with E-state index in [0.717, 1.165) is 5.56 Å². The van der Waals surface area contributed by atoms with Gasteiger partial charge in [-0.3, -0.25) is 14.5 Å². The molecule has 0 spiro atoms. The van der Waals surface area contributed by atoms with E-state index in [9.17, 15) is 14.7 Å². The van der Waals surface area contributed by atoms with Crippen LogP contribution in [0.3, 0.4) is 0 Å². The zero-order valence-electron chi connectivity index (χ0n) is 19.7. The number of ether oxygens (including phenoxy) is 1. The summed E-state index contributed by atoms with van der Waals surface area (Å²) in [6, 6.07) is 13.8. The van der Waals surface area contributed by atoms with Crippen LogP contribution in [-0.2, 0) is 10.2 Å². The molecule has 1 aliphatic heterocycles. The lowest BCUT2D eigenvalue weighted by Gasteiger charge is -2.25. The van der Waals surface area contributed by atoms with Gasteiger partial charge in [0.05, 0.1) is 18.7 Å². The van der Waals surface area contributed by atoms with Gasteiger partial charge in [0, 0.05) is 17.0 Å². The first-order chi connectivity index (χ1) is 16.7. The Morgan fingerprint density at radius 2 is 1.91 bits per heavy atom. The van der Waals surface area contributed by atoms with Crippen molar-refractivity contribution in [3.8, 4) is 5.75 Å². The van der Waals surface area contributed by atoms with Crippen LogP contribution in [0, 0.1) is 0 Å². The molecule has 5 rings (SSSR count). The molecular formula is C27H24N2O5S. The van der Waals surface area contributed by atoms with E-state index in [1.54, 1.807) is 35.8 Å². The second-order valence-electron chi connectivity index (χ2n) is 9.35. The molecule has 35 heavy (non-hydrogen) atoms. The number of methoxy groups -OCH3 is 1. The molecule has 4 aromatic rings. The third-order valence-electron chi connectivity index (χ3n) is 6.12. The Morgan fingerprint density at radius 3 is 2.54 bits per heavy atom. The summed E-state index contributed by atoms with van der Waals surface area (Å²) < 4.78 is 11.2. The number of aliphatic hydroxyl groups is 1. The van der Waals surface area contributed by atoms with Crippen LogP contribution in [0.15, 0.2) is 75.9 Å². The number of anilines is 1. The minimum Gasteiger partial charge on any atom is -0.503 e. The minimum absolute atomic E-state index is 0.0103. The van der Waals surface area contributed by atoms with Gasteiger partial charge < -0.3 is 14.3 Å². The van der Waals surface area contributed by atoms with Gasteiger partial charge in [0.15, 0.2) is 28.0 Å². The lowest BCUT2D eigenvalue weighted by atomic mass is 9.85. The first-order valence-corrected chi connectivity index (χ1v) is 12.0. The van der Waals surface area contributed by atoms with E-state index in [0.29, 0.717) is 27.4 Å². The van der Waals surface area contributed by atoms with Crippen molar-refractivity contribution in [2.24, 2.45) is 0 Å². The number of fused-ring (bicyclic) bond motifs is 1. The molecule has 2 aromatic carbocycles. The van der Waals surface area contributed by atoms with E-state index >= 15 is 0 Å². The maximum Gasteiger partial charge on any atom is 0.296 e. The number of rotatable bonds is 5. The van der Waals surface area contributed by atoms with Crippen molar-refractivity contribution in [2.75, 3.05) is 12.0 Å². The summed E-state index contributed by atoms with van der Waals surface area (Å²) in [5.41, 5.74) is 2.10. The van der Waals surface area contributed by atoms with Crippen molar-refractivity contribution in [2.45, 2.75) is 32.2 Å². The fourth-order valence-corrected chi connectivity index (χ4v) is 4.96. The van der Waals surface area contributed by atoms with Crippen LogP contribution < -0.4 is 9.64 Å². The van der Waals surface area contributed by atoms with E-state index in [-0.39, 0.29) is 16.7 Å². The number of carbonyl (C=O) groups is 2. The first kappa shape index (κ1) is 22.9. The van der Waals surface area contributed by atoms with E-state index in [4.69, 9.17) is 9.15 Å². The van der Waals surface area contributed by atoms with Crippen LogP contribution >= 0.6 is 11.3 Å². The summed E-state index contributed by atoms with van der Waals surface area (Å²) in [6.07, 6.45) is 1.58. The number of benzene rings is 2. The van der Waals surface area contributed by atoms with E-state index < -0.39 is 23.5 Å². The van der Waals surface area contributed by atoms with Gasteiger partial charge in [-0.15, -0.1) is 11.3 Å². The normalized spacial score (nSPS) is 16.4. The van der Waals surface area contributed by atoms with Crippen LogP contribution in [-0.4, -0.2) is 28.9 Å². The van der Waals surface area contributed by atoms with Crippen molar-refractivity contribution < 1.29 is 23.8 Å². The molecule has 1 N–H and O–H groups in total. The van der Waals surface area contributed by atoms with Gasteiger partial charge in [-0.2, -0.15) is 0 Å². The molecule has 0 aliphatic carbocycles. The van der Waals surface area contributed by atoms with E-state index in [1.807, 2.05) is 24.3 Å². The van der Waals surface area contributed by atoms with Gasteiger partial charge in [-0.05, 0) is 28.7 Å². The number of amides is 1. The Balaban J connectivity index is 1.64. The van der Waals surface area contributed by atoms with Crippen LogP contribution in [0.5, 0.6) is 5.75 Å². The van der Waals surface area contributed by atoms with Crippen LogP contribution in [0.4, 0.5) is 5.13 Å². The fraction of sp³-hybridized carbons (Fsp3) is 0.222. The Kier molecular flexibility index (Phi) is 5.48. The predicted octanol–water partition coefficient (Wildman–Crippen LogP) is 5.98. The third kappa shape index (κ3) is 3.80. The summed E-state index contributed by atoms with van der Waals surface area (Å²) in [6.45, 7) is 6.33. The van der Waals surface area contributed by atoms with E-state index in [2.05, 4.69) is 25.8 Å². The van der Waals surface area contributed by atoms with E-state index in [1.165, 1.54) is 23.3 Å². The number of Topliss-reactive ketones (excluding diaryl/α,β-unsaturated/α-hetero) is 1. The number of ketones is 1. The summed E-state index contributed by atoms with van der Waals surface area (Å²) in [4.78, 5) is 32.6. The first-order valence-electron chi connectivity index (χ1n) is 11.1. The number of para-hydroxylation sites is 1. The molecule has 1 unspecified atom stereocenters. The van der Waals surface area contributed by atoms with Gasteiger partial charge in [-0.1, -0.05) is 57.2 Å². The second-order valence-corrected chi connectivity index (χ2v) is 10.2. The van der Waals surface area contributed by atoms with Gasteiger partial charge in [0.25, 0.3) is 5.91 Å². The lowest BCUT2D eigenvalue weighted by Crippen LogP contribution is -2.31. The maximum absolute atomic E-state index is 13.7. The maximum atomic E-state index is 13.7. The van der Waals surface area contributed by atoms with Gasteiger partial charge in [-0.25, -0.2) is 4.98 Å². The molecule has 0 radical (unpaired) electrons. The highest BCUT2D eigenvalue weighted by molar-refractivity contribution is 7.13. The van der Waals surface area contributed by atoms with Crippen molar-refractivity contribution in [1.82, 2.24) is 4.98 Å². The summed E-state index contributed by atoms with van der Waals surface area (Å²) >= 11 is 1.26. The number of nitrogens with zero attached hydrogens (tertiary/aromatic N) is 2. The molecule has 3 heterocycles. The molecule has 0 fully saturated rings. The third-order valence-corrected chi connectivity index (χ3v) is 6.89. The highest BCUT2D eigenvalue weighted by atomic mass is 32.1. The molecular weight excluding hydrogens is 464 g/mol. The molecule has 0 saturated carbocycles. The molecule has 178 valence electrons. The molecule has 1 aliphatic rings. The topological polar surface area (TPSA) is 92.9 Å². The molecule has 8 heteroatoms. The standard InChI is InChI=1S/C27H24N2O5S/c1-27(2,3)17-10-8-15(9-11-17)21-20(23(31)25(32)29(21)26-28-12-13-35-26)22(30)19-14-16-6-5-7-18(33-4)24(16)34-19/h5-14,21,31H,1-4H3. The smallest absolute Gasteiger partial charge is 0.296 e. The van der Waals surface area contributed by atoms with Crippen molar-refractivity contribution in [3.63, 3.8) is 0 Å². The largest absolute Gasteiger partial charge is 0.503 e. The lowest BCUT2D eigenvalue weighted by molar-refractivity contribution is -0.117. The minimum atomic E-state index is -0.856. The van der Waals surface area contributed by atoms with Gasteiger partial charge in [0.1, 0.15) is 0 Å². The molecule has 0 saturated heterocycles. The molecule has 2 aromatic heterocycles. The van der Waals surface area contributed by atoms with Crippen LogP contribution in [0.25, 0.3) is 11.0 Å². The number of aliphatic hydroxyl groups excluding tert-OH is 1. The average molecular weight is 489 g/mol. The van der Waals surface area contributed by atoms with Crippen molar-refractivity contribution in [3.05, 3.63) is 88.3 Å². The zero-order valence-corrected chi connectivity index (χ0v) is 20.6. The van der Waals surface area contributed by atoms with Crippen LogP contribution in [0.1, 0.15) is 48.5 Å². The highest BCUT2D eigenvalue weighted by Gasteiger charge is 2.46. The number of hydrogen-bond acceptors (Lipinski definition) is 7. The fourth-order valence-electron chi connectivity index (χ4n) is 4.29. The number of hydrogen-bond donors (Lipinski definition) is 1. The Hall–Kier alpha value is -3.91. The molecule has 1 amide bonds. The van der Waals surface area contributed by atoms with Crippen LogP contribution in [0.2, 0.25) is 0 Å². The Labute approximate surface area is 206 Å². The molecule has 0 bridgehead atoms. The summed E-state index contributed by atoms with van der Waals surface area (Å²) in [5, 5.41) is 13.7. The second kappa shape index (κ2) is 8.39. The van der Waals surface area contributed by atoms with Gasteiger partial charge >= 0.3 is 0 Å². The number of furan rings is 1. The molecule has 1 atom stereocenters. The Bertz CT molecular complexity index is 1460. The SMILES string of the molecule is COc1cccc2cc(C(=O)C3=C(O)C(=O)N(c4nccs4)C3c3ccc(C(C)(C)C)cc3)oc12. The highest BCUT2D eigenvalue weighted by Crippen LogP contribution is 2.43. The number of carbonyl (C=O) groups excluding carboxylic acids is 2. The number of aromatic nitrogens is 1. The van der Waals surface area contributed by atoms with Gasteiger partial charge in [0.2, 0.25) is 5.78 Å². The zero-order chi connectivity index (χ0) is 24.9. The average Bonchev–Trinajstić information content (AvgIpc) is 3.57.